The molecule has 21 heavy (non-hydrogen) atoms. The zero-order chi connectivity index (χ0) is 15.2. The molecule has 0 aliphatic heterocycles. The van der Waals surface area contributed by atoms with Crippen molar-refractivity contribution in [2.75, 3.05) is 20.3 Å². The molecule has 0 radical (unpaired) electrons. The van der Waals surface area contributed by atoms with Gasteiger partial charge in [-0.15, -0.1) is 0 Å². The van der Waals surface area contributed by atoms with E-state index in [0.717, 1.165) is 12.8 Å². The van der Waals surface area contributed by atoms with Gasteiger partial charge in [0.15, 0.2) is 5.75 Å². The molecule has 1 aliphatic carbocycles. The molecule has 0 spiro atoms. The highest BCUT2D eigenvalue weighted by Crippen LogP contribution is 2.34. The Balaban J connectivity index is 2.06. The second-order valence-electron chi connectivity index (χ2n) is 5.44. The van der Waals surface area contributed by atoms with Gasteiger partial charge in [0, 0.05) is 0 Å². The smallest absolute Gasteiger partial charge is 0.314 e. The van der Waals surface area contributed by atoms with E-state index in [1.165, 1.54) is 26.0 Å². The lowest BCUT2D eigenvalue weighted by molar-refractivity contribution is -0.386. The minimum atomic E-state index is -0.445. The quantitative estimate of drug-likeness (QED) is 0.644. The van der Waals surface area contributed by atoms with Crippen molar-refractivity contribution in [2.45, 2.75) is 25.7 Å². The van der Waals surface area contributed by atoms with Crippen LogP contribution in [0.2, 0.25) is 0 Å². The minimum absolute atomic E-state index is 0.0607. The molecule has 1 fully saturated rings. The Morgan fingerprint density at radius 3 is 2.67 bits per heavy atom. The molecule has 1 aromatic rings. The molecule has 0 saturated heterocycles. The van der Waals surface area contributed by atoms with Crippen molar-refractivity contribution in [3.63, 3.8) is 0 Å². The van der Waals surface area contributed by atoms with Gasteiger partial charge in [-0.25, -0.2) is 0 Å². The van der Waals surface area contributed by atoms with E-state index in [9.17, 15) is 10.1 Å². The zero-order valence-electron chi connectivity index (χ0n) is 12.3. The van der Waals surface area contributed by atoms with Crippen LogP contribution in [0.25, 0.3) is 0 Å². The van der Waals surface area contributed by atoms with E-state index in [4.69, 9.17) is 15.2 Å². The van der Waals surface area contributed by atoms with Gasteiger partial charge in [0.1, 0.15) is 5.75 Å². The minimum Gasteiger partial charge on any atom is -0.496 e. The third-order valence-electron chi connectivity index (χ3n) is 4.18. The largest absolute Gasteiger partial charge is 0.496 e. The first-order valence-corrected chi connectivity index (χ1v) is 7.31. The van der Waals surface area contributed by atoms with Crippen LogP contribution in [0, 0.1) is 22.0 Å². The number of nitro groups is 1. The molecule has 2 unspecified atom stereocenters. The molecule has 1 aromatic carbocycles. The second kappa shape index (κ2) is 7.26. The number of hydrogen-bond acceptors (Lipinski definition) is 5. The topological polar surface area (TPSA) is 87.6 Å². The number of benzene rings is 1. The Hall–Kier alpha value is -1.82. The Morgan fingerprint density at radius 1 is 1.33 bits per heavy atom. The monoisotopic (exact) mass is 294 g/mol. The zero-order valence-corrected chi connectivity index (χ0v) is 12.3. The molecule has 6 nitrogen and oxygen atoms in total. The van der Waals surface area contributed by atoms with Crippen molar-refractivity contribution in [2.24, 2.45) is 17.6 Å². The summed E-state index contributed by atoms with van der Waals surface area (Å²) in [6.45, 7) is 1.13. The molecule has 2 rings (SSSR count). The molecular formula is C15H22N2O4. The van der Waals surface area contributed by atoms with Crippen LogP contribution in [0.1, 0.15) is 25.7 Å². The summed E-state index contributed by atoms with van der Waals surface area (Å²) in [6, 6.07) is 4.65. The molecule has 6 heteroatoms. The lowest BCUT2D eigenvalue weighted by atomic mass is 9.80. The molecular weight excluding hydrogens is 272 g/mol. The van der Waals surface area contributed by atoms with Gasteiger partial charge < -0.3 is 15.2 Å². The molecule has 0 bridgehead atoms. The van der Waals surface area contributed by atoms with Crippen molar-refractivity contribution in [3.05, 3.63) is 28.3 Å². The number of nitro benzene ring substituents is 1. The van der Waals surface area contributed by atoms with E-state index < -0.39 is 4.92 Å². The number of methoxy groups -OCH3 is 1. The summed E-state index contributed by atoms with van der Waals surface area (Å²) in [5.41, 5.74) is 5.74. The summed E-state index contributed by atoms with van der Waals surface area (Å²) in [6.07, 6.45) is 4.58. The highest BCUT2D eigenvalue weighted by Gasteiger charge is 2.25. The number of rotatable bonds is 6. The molecule has 116 valence electrons. The van der Waals surface area contributed by atoms with Crippen LogP contribution in [-0.4, -0.2) is 25.2 Å². The van der Waals surface area contributed by atoms with Gasteiger partial charge in [-0.2, -0.15) is 0 Å². The summed E-state index contributed by atoms with van der Waals surface area (Å²) in [4.78, 5) is 10.7. The van der Waals surface area contributed by atoms with Gasteiger partial charge in [0.25, 0.3) is 0 Å². The van der Waals surface area contributed by atoms with E-state index >= 15 is 0 Å². The molecule has 0 amide bonds. The van der Waals surface area contributed by atoms with E-state index in [0.29, 0.717) is 36.5 Å². The third kappa shape index (κ3) is 3.85. The van der Waals surface area contributed by atoms with E-state index in [-0.39, 0.29) is 5.69 Å². The van der Waals surface area contributed by atoms with Gasteiger partial charge in [-0.05, 0) is 43.4 Å². The number of ether oxygens (including phenoxy) is 2. The highest BCUT2D eigenvalue weighted by molar-refractivity contribution is 5.50. The summed E-state index contributed by atoms with van der Waals surface area (Å²) in [7, 11) is 1.48. The van der Waals surface area contributed by atoms with Gasteiger partial charge in [-0.3, -0.25) is 10.1 Å². The molecule has 2 atom stereocenters. The van der Waals surface area contributed by atoms with E-state index in [1.807, 2.05) is 0 Å². The maximum Gasteiger partial charge on any atom is 0.314 e. The van der Waals surface area contributed by atoms with Crippen molar-refractivity contribution < 1.29 is 14.4 Å². The van der Waals surface area contributed by atoms with Gasteiger partial charge in [0.05, 0.1) is 24.7 Å². The Labute approximate surface area is 124 Å². The maximum atomic E-state index is 11.1. The van der Waals surface area contributed by atoms with E-state index in [1.54, 1.807) is 12.1 Å². The first kappa shape index (κ1) is 15.6. The predicted octanol–water partition coefficient (Wildman–Crippen LogP) is 2.75. The number of nitrogens with two attached hydrogens (primary N) is 1. The number of hydrogen-bond donors (Lipinski definition) is 1. The average molecular weight is 294 g/mol. The maximum absolute atomic E-state index is 11.1. The average Bonchev–Trinajstić information content (AvgIpc) is 2.52. The standard InChI is InChI=1S/C15H22N2O4/c1-20-13-6-7-15(14(8-13)17(18)19)21-10-12-5-3-2-4-11(12)9-16/h6-8,11-12H,2-5,9-10,16H2,1H3. The summed E-state index contributed by atoms with van der Waals surface area (Å²) >= 11 is 0. The van der Waals surface area contributed by atoms with Crippen LogP contribution in [0.15, 0.2) is 18.2 Å². The van der Waals surface area contributed by atoms with Crippen molar-refractivity contribution in [1.82, 2.24) is 0 Å². The SMILES string of the molecule is COc1ccc(OCC2CCCCC2CN)c([N+](=O)[O-])c1. The normalized spacial score (nSPS) is 21.8. The van der Waals surface area contributed by atoms with Crippen LogP contribution in [-0.2, 0) is 0 Å². The Bertz CT molecular complexity index is 493. The fourth-order valence-corrected chi connectivity index (χ4v) is 2.90. The molecule has 1 saturated carbocycles. The lowest BCUT2D eigenvalue weighted by Gasteiger charge is -2.30. The highest BCUT2D eigenvalue weighted by atomic mass is 16.6. The summed E-state index contributed by atoms with van der Waals surface area (Å²) in [5.74, 6) is 1.58. The van der Waals surface area contributed by atoms with Crippen LogP contribution in [0.5, 0.6) is 11.5 Å². The van der Waals surface area contributed by atoms with Crippen molar-refractivity contribution in [3.8, 4) is 11.5 Å². The Morgan fingerprint density at radius 2 is 2.05 bits per heavy atom. The van der Waals surface area contributed by atoms with Gasteiger partial charge >= 0.3 is 5.69 Å². The van der Waals surface area contributed by atoms with Crippen LogP contribution < -0.4 is 15.2 Å². The molecule has 1 aliphatic rings. The third-order valence-corrected chi connectivity index (χ3v) is 4.18. The summed E-state index contributed by atoms with van der Waals surface area (Å²) in [5, 5.41) is 11.1. The fraction of sp³-hybridized carbons (Fsp3) is 0.600. The van der Waals surface area contributed by atoms with Crippen LogP contribution in [0.3, 0.4) is 0 Å². The van der Waals surface area contributed by atoms with E-state index in [2.05, 4.69) is 0 Å². The number of nitrogens with zero attached hydrogens (tertiary/aromatic N) is 1. The molecule has 2 N–H and O–H groups in total. The predicted molar refractivity (Wildman–Crippen MR) is 79.6 cm³/mol. The molecule has 0 heterocycles. The van der Waals surface area contributed by atoms with Gasteiger partial charge in [0.2, 0.25) is 0 Å². The summed E-state index contributed by atoms with van der Waals surface area (Å²) < 4.78 is 10.7. The second-order valence-corrected chi connectivity index (χ2v) is 5.44. The first-order valence-electron chi connectivity index (χ1n) is 7.31. The van der Waals surface area contributed by atoms with Crippen molar-refractivity contribution in [1.29, 1.82) is 0 Å². The van der Waals surface area contributed by atoms with Crippen LogP contribution in [0.4, 0.5) is 5.69 Å². The fourth-order valence-electron chi connectivity index (χ4n) is 2.90. The molecule has 0 aromatic heterocycles. The lowest BCUT2D eigenvalue weighted by Crippen LogP contribution is -2.30. The Kier molecular flexibility index (Phi) is 5.38. The van der Waals surface area contributed by atoms with Gasteiger partial charge in [-0.1, -0.05) is 12.8 Å². The van der Waals surface area contributed by atoms with Crippen LogP contribution >= 0.6 is 0 Å². The van der Waals surface area contributed by atoms with Crippen molar-refractivity contribution >= 4 is 5.69 Å². The first-order chi connectivity index (χ1) is 10.2.